The molecule has 26 heavy (non-hydrogen) atoms. The van der Waals surface area contributed by atoms with Crippen LogP contribution in [-0.2, 0) is 9.53 Å². The second-order valence-electron chi connectivity index (χ2n) is 8.13. The molecule has 2 rings (SSSR count). The summed E-state index contributed by atoms with van der Waals surface area (Å²) in [5, 5.41) is 1.00. The molecular formula is C21H33N3O2. The van der Waals surface area contributed by atoms with Gasteiger partial charge >= 0.3 is 0 Å². The van der Waals surface area contributed by atoms with Crippen molar-refractivity contribution >= 4 is 16.8 Å². The molecule has 144 valence electrons. The molecule has 1 heterocycles. The number of hydrogen-bond donors (Lipinski definition) is 2. The fourth-order valence-electron chi connectivity index (χ4n) is 3.98. The highest BCUT2D eigenvalue weighted by Crippen LogP contribution is 2.32. The first-order valence-corrected chi connectivity index (χ1v) is 9.30. The molecule has 0 saturated carbocycles. The fraction of sp³-hybridized carbons (Fsp3) is 0.571. The van der Waals surface area contributed by atoms with E-state index in [1.807, 2.05) is 63.1 Å². The predicted octanol–water partition coefficient (Wildman–Crippen LogP) is 3.85. The van der Waals surface area contributed by atoms with E-state index in [1.54, 1.807) is 7.11 Å². The third kappa shape index (κ3) is 3.64. The van der Waals surface area contributed by atoms with Crippen LogP contribution in [0.3, 0.4) is 0 Å². The molecule has 0 fully saturated rings. The van der Waals surface area contributed by atoms with E-state index < -0.39 is 11.6 Å². The van der Waals surface area contributed by atoms with Crippen molar-refractivity contribution in [1.82, 2.24) is 9.88 Å². The van der Waals surface area contributed by atoms with Crippen LogP contribution in [0.2, 0.25) is 0 Å². The van der Waals surface area contributed by atoms with E-state index in [-0.39, 0.29) is 23.9 Å². The van der Waals surface area contributed by atoms with Crippen molar-refractivity contribution in [3.8, 4) is 0 Å². The summed E-state index contributed by atoms with van der Waals surface area (Å²) in [7, 11) is 1.58. The molecule has 2 atom stereocenters. The van der Waals surface area contributed by atoms with Gasteiger partial charge in [-0.2, -0.15) is 0 Å². The van der Waals surface area contributed by atoms with Crippen LogP contribution in [-0.4, -0.2) is 40.5 Å². The van der Waals surface area contributed by atoms with Gasteiger partial charge in [0.1, 0.15) is 0 Å². The zero-order valence-electron chi connectivity index (χ0n) is 17.0. The van der Waals surface area contributed by atoms with E-state index in [2.05, 4.69) is 18.8 Å². The van der Waals surface area contributed by atoms with E-state index in [4.69, 9.17) is 10.5 Å². The highest BCUT2D eigenvalue weighted by atomic mass is 16.5. The number of aromatic nitrogens is 1. The van der Waals surface area contributed by atoms with Gasteiger partial charge in [-0.1, -0.05) is 32.0 Å². The van der Waals surface area contributed by atoms with Crippen molar-refractivity contribution in [2.45, 2.75) is 65.3 Å². The Kier molecular flexibility index (Phi) is 6.14. The standard InChI is InChI=1S/C21H33N3O2/c1-13(2)19(22)21(5,6)24(14(3)4)20(25)18(26-7)16-12-23-17-11-9-8-10-15(16)17/h8-14,18-19,23H,22H2,1-7H3. The summed E-state index contributed by atoms with van der Waals surface area (Å²) < 4.78 is 5.68. The van der Waals surface area contributed by atoms with Crippen molar-refractivity contribution in [3.05, 3.63) is 36.0 Å². The van der Waals surface area contributed by atoms with E-state index in [0.717, 1.165) is 16.5 Å². The average molecular weight is 360 g/mol. The lowest BCUT2D eigenvalue weighted by Crippen LogP contribution is -2.62. The largest absolute Gasteiger partial charge is 0.367 e. The molecule has 5 nitrogen and oxygen atoms in total. The zero-order valence-corrected chi connectivity index (χ0v) is 17.0. The van der Waals surface area contributed by atoms with Gasteiger partial charge in [-0.15, -0.1) is 0 Å². The Hall–Kier alpha value is -1.85. The topological polar surface area (TPSA) is 71.3 Å². The number of hydrogen-bond acceptors (Lipinski definition) is 3. The summed E-state index contributed by atoms with van der Waals surface area (Å²) >= 11 is 0. The van der Waals surface area contributed by atoms with Gasteiger partial charge in [-0.05, 0) is 39.7 Å². The Morgan fingerprint density at radius 3 is 2.35 bits per heavy atom. The van der Waals surface area contributed by atoms with Crippen molar-refractivity contribution in [1.29, 1.82) is 0 Å². The Balaban J connectivity index is 2.46. The number of nitrogens with zero attached hydrogens (tertiary/aromatic N) is 1. The first kappa shape index (κ1) is 20.5. The molecule has 0 aliphatic carbocycles. The van der Waals surface area contributed by atoms with Crippen LogP contribution in [0.15, 0.2) is 30.5 Å². The second-order valence-corrected chi connectivity index (χ2v) is 8.13. The summed E-state index contributed by atoms with van der Waals surface area (Å²) in [6.07, 6.45) is 1.19. The summed E-state index contributed by atoms with van der Waals surface area (Å²) in [5.74, 6) is 0.196. The Morgan fingerprint density at radius 1 is 1.19 bits per heavy atom. The molecular weight excluding hydrogens is 326 g/mol. The molecule has 0 bridgehead atoms. The number of aromatic amines is 1. The van der Waals surface area contributed by atoms with Gasteiger partial charge in [-0.25, -0.2) is 0 Å². The minimum absolute atomic E-state index is 0.00477. The Morgan fingerprint density at radius 2 is 1.81 bits per heavy atom. The van der Waals surface area contributed by atoms with Gasteiger partial charge in [0.15, 0.2) is 6.10 Å². The highest BCUT2D eigenvalue weighted by molar-refractivity contribution is 5.91. The Labute approximate surface area is 156 Å². The second kappa shape index (κ2) is 7.80. The Bertz CT molecular complexity index is 749. The van der Waals surface area contributed by atoms with Crippen LogP contribution < -0.4 is 5.73 Å². The number of carbonyl (C=O) groups is 1. The van der Waals surface area contributed by atoms with Gasteiger partial charge in [0.25, 0.3) is 5.91 Å². The highest BCUT2D eigenvalue weighted by Gasteiger charge is 2.42. The van der Waals surface area contributed by atoms with Gasteiger partial charge in [0.2, 0.25) is 0 Å². The fourth-order valence-corrected chi connectivity index (χ4v) is 3.98. The molecule has 0 aliphatic rings. The van der Waals surface area contributed by atoms with E-state index in [1.165, 1.54) is 0 Å². The summed E-state index contributed by atoms with van der Waals surface area (Å²) in [6, 6.07) is 7.80. The maximum absolute atomic E-state index is 13.6. The number of carbonyl (C=O) groups excluding carboxylic acids is 1. The normalized spacial score (nSPS) is 14.8. The minimum Gasteiger partial charge on any atom is -0.367 e. The summed E-state index contributed by atoms with van der Waals surface area (Å²) in [4.78, 5) is 18.7. The monoisotopic (exact) mass is 359 g/mol. The SMILES string of the molecule is COC(C(=O)N(C(C)C)C(C)(C)C(N)C(C)C)c1c[nH]c2ccccc12. The summed E-state index contributed by atoms with van der Waals surface area (Å²) in [6.45, 7) is 12.3. The van der Waals surface area contributed by atoms with E-state index in [9.17, 15) is 4.79 Å². The predicted molar refractivity (Wildman–Crippen MR) is 107 cm³/mol. The van der Waals surface area contributed by atoms with Gasteiger partial charge < -0.3 is 20.4 Å². The molecule has 2 unspecified atom stereocenters. The van der Waals surface area contributed by atoms with Crippen molar-refractivity contribution in [2.24, 2.45) is 11.7 Å². The number of para-hydroxylation sites is 1. The van der Waals surface area contributed by atoms with Crippen LogP contribution in [0.4, 0.5) is 0 Å². The number of ether oxygens (including phenoxy) is 1. The molecule has 1 aromatic heterocycles. The molecule has 1 aromatic carbocycles. The number of amides is 1. The molecule has 5 heteroatoms. The molecule has 0 spiro atoms. The first-order chi connectivity index (χ1) is 12.1. The van der Waals surface area contributed by atoms with Crippen molar-refractivity contribution in [3.63, 3.8) is 0 Å². The van der Waals surface area contributed by atoms with Crippen LogP contribution in [0.1, 0.15) is 53.2 Å². The van der Waals surface area contributed by atoms with E-state index in [0.29, 0.717) is 0 Å². The molecule has 0 saturated heterocycles. The molecule has 1 amide bonds. The smallest absolute Gasteiger partial charge is 0.257 e. The molecule has 0 aliphatic heterocycles. The number of nitrogens with two attached hydrogens (primary N) is 1. The average Bonchev–Trinajstić information content (AvgIpc) is 2.98. The van der Waals surface area contributed by atoms with Crippen LogP contribution in [0.5, 0.6) is 0 Å². The van der Waals surface area contributed by atoms with Crippen LogP contribution in [0, 0.1) is 5.92 Å². The third-order valence-corrected chi connectivity index (χ3v) is 5.27. The lowest BCUT2D eigenvalue weighted by molar-refractivity contribution is -0.152. The zero-order chi connectivity index (χ0) is 19.6. The van der Waals surface area contributed by atoms with Crippen molar-refractivity contribution < 1.29 is 9.53 Å². The number of rotatable bonds is 7. The third-order valence-electron chi connectivity index (χ3n) is 5.27. The molecule has 3 N–H and O–H groups in total. The summed E-state index contributed by atoms with van der Waals surface area (Å²) in [5.41, 5.74) is 7.83. The number of benzene rings is 1. The van der Waals surface area contributed by atoms with Gasteiger partial charge in [-0.3, -0.25) is 4.79 Å². The lowest BCUT2D eigenvalue weighted by atomic mass is 9.84. The first-order valence-electron chi connectivity index (χ1n) is 9.30. The number of nitrogens with one attached hydrogen (secondary N) is 1. The minimum atomic E-state index is -0.674. The van der Waals surface area contributed by atoms with Crippen LogP contribution in [0.25, 0.3) is 10.9 Å². The number of fused-ring (bicyclic) bond motifs is 1. The maximum Gasteiger partial charge on any atom is 0.257 e. The van der Waals surface area contributed by atoms with E-state index >= 15 is 0 Å². The van der Waals surface area contributed by atoms with Gasteiger partial charge in [0.05, 0.1) is 5.54 Å². The molecule has 2 aromatic rings. The molecule has 0 radical (unpaired) electrons. The lowest BCUT2D eigenvalue weighted by Gasteiger charge is -2.47. The van der Waals surface area contributed by atoms with Crippen LogP contribution >= 0.6 is 0 Å². The van der Waals surface area contributed by atoms with Crippen molar-refractivity contribution in [2.75, 3.05) is 7.11 Å². The quantitative estimate of drug-likeness (QED) is 0.789. The van der Waals surface area contributed by atoms with Gasteiger partial charge in [0, 0.05) is 41.9 Å². The maximum atomic E-state index is 13.6. The number of methoxy groups -OCH3 is 1. The number of H-pyrrole nitrogens is 1.